The Bertz CT molecular complexity index is 280. The van der Waals surface area contributed by atoms with E-state index in [0.29, 0.717) is 17.9 Å². The molecule has 0 radical (unpaired) electrons. The fourth-order valence-electron chi connectivity index (χ4n) is 3.75. The first-order valence-corrected chi connectivity index (χ1v) is 7.71. The number of carbonyl (C=O) groups excluding carboxylic acids is 1. The van der Waals surface area contributed by atoms with E-state index < -0.39 is 0 Å². The van der Waals surface area contributed by atoms with Gasteiger partial charge >= 0.3 is 0 Å². The Labute approximate surface area is 111 Å². The molecule has 3 nitrogen and oxygen atoms in total. The average molecular weight is 252 g/mol. The molecule has 0 heterocycles. The molecule has 0 aliphatic heterocycles. The highest BCUT2D eigenvalue weighted by Gasteiger charge is 2.37. The highest BCUT2D eigenvalue weighted by molar-refractivity contribution is 5.80. The van der Waals surface area contributed by atoms with E-state index in [4.69, 9.17) is 5.73 Å². The van der Waals surface area contributed by atoms with E-state index in [1.165, 1.54) is 32.1 Å². The zero-order chi connectivity index (χ0) is 13.1. The molecule has 2 N–H and O–H groups in total. The van der Waals surface area contributed by atoms with Gasteiger partial charge in [-0.3, -0.25) is 4.79 Å². The van der Waals surface area contributed by atoms with Crippen LogP contribution in [0, 0.1) is 11.8 Å². The monoisotopic (exact) mass is 252 g/mol. The Kier molecular flexibility index (Phi) is 4.66. The molecule has 2 rings (SSSR count). The molecule has 0 bridgehead atoms. The van der Waals surface area contributed by atoms with Crippen molar-refractivity contribution in [1.82, 2.24) is 4.90 Å². The molecular weight excluding hydrogens is 224 g/mol. The van der Waals surface area contributed by atoms with Gasteiger partial charge in [0.05, 0.1) is 5.92 Å². The molecule has 2 fully saturated rings. The largest absolute Gasteiger partial charge is 0.340 e. The maximum Gasteiger partial charge on any atom is 0.227 e. The maximum absolute atomic E-state index is 12.7. The molecule has 0 aromatic heterocycles. The van der Waals surface area contributed by atoms with E-state index in [9.17, 15) is 4.79 Å². The van der Waals surface area contributed by atoms with Crippen molar-refractivity contribution in [3.63, 3.8) is 0 Å². The minimum atomic E-state index is 0.0710. The summed E-state index contributed by atoms with van der Waals surface area (Å²) >= 11 is 0. The summed E-state index contributed by atoms with van der Waals surface area (Å²) in [6.45, 7) is 5.14. The molecule has 2 aliphatic carbocycles. The van der Waals surface area contributed by atoms with Gasteiger partial charge in [-0.25, -0.2) is 0 Å². The first-order chi connectivity index (χ1) is 8.65. The Hall–Kier alpha value is -0.570. The molecule has 3 unspecified atom stereocenters. The summed E-state index contributed by atoms with van der Waals surface area (Å²) in [5.41, 5.74) is 6.27. The van der Waals surface area contributed by atoms with Crippen molar-refractivity contribution in [3.05, 3.63) is 0 Å². The van der Waals surface area contributed by atoms with Crippen LogP contribution in [-0.2, 0) is 4.79 Å². The van der Waals surface area contributed by atoms with Crippen molar-refractivity contribution < 1.29 is 4.79 Å². The lowest BCUT2D eigenvalue weighted by Gasteiger charge is -2.38. The number of nitrogens with zero attached hydrogens (tertiary/aromatic N) is 1. The van der Waals surface area contributed by atoms with Gasteiger partial charge in [0, 0.05) is 18.6 Å². The third-order valence-corrected chi connectivity index (χ3v) is 5.00. The quantitative estimate of drug-likeness (QED) is 0.839. The Morgan fingerprint density at radius 2 is 1.83 bits per heavy atom. The summed E-state index contributed by atoms with van der Waals surface area (Å²) in [5, 5.41) is 0. The zero-order valence-corrected chi connectivity index (χ0v) is 11.9. The van der Waals surface area contributed by atoms with Crippen LogP contribution in [0.15, 0.2) is 0 Å². The van der Waals surface area contributed by atoms with Gasteiger partial charge < -0.3 is 10.6 Å². The van der Waals surface area contributed by atoms with E-state index in [2.05, 4.69) is 18.7 Å². The lowest BCUT2D eigenvalue weighted by atomic mass is 9.77. The van der Waals surface area contributed by atoms with Crippen molar-refractivity contribution in [1.29, 1.82) is 0 Å². The highest BCUT2D eigenvalue weighted by Crippen LogP contribution is 2.31. The van der Waals surface area contributed by atoms with Gasteiger partial charge in [0.15, 0.2) is 0 Å². The molecule has 0 spiro atoms. The molecule has 0 aromatic carbocycles. The number of carbonyl (C=O) groups is 1. The third-order valence-electron chi connectivity index (χ3n) is 5.00. The Balaban J connectivity index is 2.03. The van der Waals surface area contributed by atoms with Crippen molar-refractivity contribution in [2.45, 2.75) is 70.9 Å². The molecule has 18 heavy (non-hydrogen) atoms. The van der Waals surface area contributed by atoms with Crippen molar-refractivity contribution >= 4 is 5.91 Å². The van der Waals surface area contributed by atoms with Gasteiger partial charge in [-0.15, -0.1) is 0 Å². The highest BCUT2D eigenvalue weighted by atomic mass is 16.2. The molecule has 1 amide bonds. The second-order valence-electron chi connectivity index (χ2n) is 6.15. The average Bonchev–Trinajstić information content (AvgIpc) is 2.87. The van der Waals surface area contributed by atoms with E-state index in [1.807, 2.05) is 0 Å². The van der Waals surface area contributed by atoms with E-state index in [0.717, 1.165) is 19.4 Å². The molecule has 2 saturated carbocycles. The number of nitrogens with two attached hydrogens (primary N) is 1. The van der Waals surface area contributed by atoms with Crippen LogP contribution in [0.2, 0.25) is 0 Å². The van der Waals surface area contributed by atoms with Gasteiger partial charge in [0.1, 0.15) is 0 Å². The van der Waals surface area contributed by atoms with Crippen molar-refractivity contribution in [3.8, 4) is 0 Å². The lowest BCUT2D eigenvalue weighted by molar-refractivity contribution is -0.139. The Morgan fingerprint density at radius 1 is 1.17 bits per heavy atom. The summed E-state index contributed by atoms with van der Waals surface area (Å²) < 4.78 is 0. The molecular formula is C15H28N2O. The molecule has 2 aliphatic rings. The number of hydrogen-bond acceptors (Lipinski definition) is 2. The number of rotatable bonds is 3. The molecule has 3 atom stereocenters. The molecule has 0 saturated heterocycles. The fraction of sp³-hybridized carbons (Fsp3) is 0.933. The van der Waals surface area contributed by atoms with Crippen LogP contribution in [0.1, 0.15) is 58.8 Å². The predicted molar refractivity (Wildman–Crippen MR) is 74.1 cm³/mol. The normalized spacial score (nSPS) is 33.6. The fourth-order valence-corrected chi connectivity index (χ4v) is 3.75. The topological polar surface area (TPSA) is 46.3 Å². The predicted octanol–water partition coefficient (Wildman–Crippen LogP) is 2.54. The maximum atomic E-state index is 12.7. The molecule has 104 valence electrons. The Morgan fingerprint density at radius 3 is 2.44 bits per heavy atom. The van der Waals surface area contributed by atoms with Crippen LogP contribution in [0.5, 0.6) is 0 Å². The van der Waals surface area contributed by atoms with E-state index in [-0.39, 0.29) is 12.0 Å². The number of amides is 1. The van der Waals surface area contributed by atoms with Crippen LogP contribution in [-0.4, -0.2) is 29.4 Å². The standard InChI is InChI=1S/C15H28N2O/c1-3-17(12-8-4-5-9-12)15(18)13-10-6-7-11(2)14(13)16/h11-14H,3-10,16H2,1-2H3. The summed E-state index contributed by atoms with van der Waals surface area (Å²) in [6.07, 6.45) is 8.28. The second-order valence-corrected chi connectivity index (χ2v) is 6.15. The lowest BCUT2D eigenvalue weighted by Crippen LogP contribution is -2.51. The summed E-state index contributed by atoms with van der Waals surface area (Å²) in [7, 11) is 0. The van der Waals surface area contributed by atoms with E-state index in [1.54, 1.807) is 0 Å². The van der Waals surface area contributed by atoms with Crippen LogP contribution in [0.4, 0.5) is 0 Å². The third kappa shape index (κ3) is 2.71. The van der Waals surface area contributed by atoms with Gasteiger partial charge in [-0.05, 0) is 38.5 Å². The van der Waals surface area contributed by atoms with Gasteiger partial charge in [0.25, 0.3) is 0 Å². The summed E-state index contributed by atoms with van der Waals surface area (Å²) in [6, 6.07) is 0.564. The summed E-state index contributed by atoms with van der Waals surface area (Å²) in [4.78, 5) is 14.8. The van der Waals surface area contributed by atoms with Gasteiger partial charge in [0.2, 0.25) is 5.91 Å². The minimum absolute atomic E-state index is 0.0710. The van der Waals surface area contributed by atoms with Crippen LogP contribution >= 0.6 is 0 Å². The first kappa shape index (κ1) is 13.9. The zero-order valence-electron chi connectivity index (χ0n) is 11.9. The van der Waals surface area contributed by atoms with Crippen molar-refractivity contribution in [2.75, 3.05) is 6.54 Å². The second kappa shape index (κ2) is 6.05. The molecule has 0 aromatic rings. The van der Waals surface area contributed by atoms with Crippen LogP contribution in [0.3, 0.4) is 0 Å². The minimum Gasteiger partial charge on any atom is -0.340 e. The molecule has 3 heteroatoms. The number of hydrogen-bond donors (Lipinski definition) is 1. The van der Waals surface area contributed by atoms with Crippen molar-refractivity contribution in [2.24, 2.45) is 17.6 Å². The van der Waals surface area contributed by atoms with Gasteiger partial charge in [-0.2, -0.15) is 0 Å². The van der Waals surface area contributed by atoms with Gasteiger partial charge in [-0.1, -0.05) is 26.2 Å². The smallest absolute Gasteiger partial charge is 0.227 e. The van der Waals surface area contributed by atoms with Crippen LogP contribution < -0.4 is 5.73 Å². The van der Waals surface area contributed by atoms with Crippen LogP contribution in [0.25, 0.3) is 0 Å². The first-order valence-electron chi connectivity index (χ1n) is 7.71. The van der Waals surface area contributed by atoms with E-state index >= 15 is 0 Å². The summed E-state index contributed by atoms with van der Waals surface area (Å²) in [5.74, 6) is 0.910. The SMILES string of the molecule is CCN(C(=O)C1CCCC(C)C1N)C1CCCC1.